The van der Waals surface area contributed by atoms with Crippen LogP contribution in [0.3, 0.4) is 0 Å². The van der Waals surface area contributed by atoms with E-state index in [9.17, 15) is 28.4 Å². The lowest BCUT2D eigenvalue weighted by molar-refractivity contribution is -0.387. The van der Waals surface area contributed by atoms with Gasteiger partial charge in [0.15, 0.2) is 4.90 Å². The molecule has 0 radical (unpaired) electrons. The Balaban J connectivity index is 2.32. The van der Waals surface area contributed by atoms with E-state index < -0.39 is 37.5 Å². The van der Waals surface area contributed by atoms with E-state index in [0.29, 0.717) is 5.56 Å². The van der Waals surface area contributed by atoms with Crippen molar-refractivity contribution in [1.82, 2.24) is 4.72 Å². The maximum Gasteiger partial charge on any atom is 0.322 e. The molecule has 2 N–H and O–H groups in total. The number of nitrogens with one attached hydrogen (secondary N) is 1. The molecular formula is C15H14N2O6S. The fourth-order valence-electron chi connectivity index (χ4n) is 2.12. The summed E-state index contributed by atoms with van der Waals surface area (Å²) in [5.41, 5.74) is 0.00371. The Labute approximate surface area is 138 Å². The van der Waals surface area contributed by atoms with E-state index in [4.69, 9.17) is 0 Å². The second-order valence-corrected chi connectivity index (χ2v) is 6.61. The van der Waals surface area contributed by atoms with E-state index in [-0.39, 0.29) is 6.42 Å². The summed E-state index contributed by atoms with van der Waals surface area (Å²) in [6.45, 7) is 0. The fourth-order valence-corrected chi connectivity index (χ4v) is 3.48. The molecule has 2 aromatic rings. The summed E-state index contributed by atoms with van der Waals surface area (Å²) in [7, 11) is -4.37. The van der Waals surface area contributed by atoms with Crippen LogP contribution >= 0.6 is 0 Å². The minimum atomic E-state index is -4.37. The molecule has 0 fully saturated rings. The SMILES string of the molecule is O=C(O)C(Cc1ccccc1)NS(=O)(=O)c1ccccc1[N+](=O)[O-]. The summed E-state index contributed by atoms with van der Waals surface area (Å²) >= 11 is 0. The van der Waals surface area contributed by atoms with Crippen LogP contribution in [0.25, 0.3) is 0 Å². The maximum absolute atomic E-state index is 12.4. The highest BCUT2D eigenvalue weighted by molar-refractivity contribution is 7.89. The molecule has 0 saturated carbocycles. The summed E-state index contributed by atoms with van der Waals surface area (Å²) in [5, 5.41) is 20.2. The highest BCUT2D eigenvalue weighted by Crippen LogP contribution is 2.23. The van der Waals surface area contributed by atoms with Crippen LogP contribution in [0.15, 0.2) is 59.5 Å². The molecule has 0 amide bonds. The fraction of sp³-hybridized carbons (Fsp3) is 0.133. The zero-order valence-corrected chi connectivity index (χ0v) is 13.1. The van der Waals surface area contributed by atoms with Crippen molar-refractivity contribution in [3.05, 3.63) is 70.3 Å². The number of nitrogens with zero attached hydrogens (tertiary/aromatic N) is 1. The van der Waals surface area contributed by atoms with Gasteiger partial charge in [0.1, 0.15) is 6.04 Å². The van der Waals surface area contributed by atoms with Gasteiger partial charge in [-0.1, -0.05) is 42.5 Å². The Morgan fingerprint density at radius 3 is 2.29 bits per heavy atom. The number of sulfonamides is 1. The number of aliphatic carboxylic acids is 1. The number of nitro benzene ring substituents is 1. The van der Waals surface area contributed by atoms with Gasteiger partial charge in [0.25, 0.3) is 5.69 Å². The average Bonchev–Trinajstić information content (AvgIpc) is 2.55. The van der Waals surface area contributed by atoms with Crippen molar-refractivity contribution >= 4 is 21.7 Å². The lowest BCUT2D eigenvalue weighted by Crippen LogP contribution is -2.42. The lowest BCUT2D eigenvalue weighted by atomic mass is 10.1. The van der Waals surface area contributed by atoms with Gasteiger partial charge >= 0.3 is 5.97 Å². The van der Waals surface area contributed by atoms with E-state index in [0.717, 1.165) is 12.1 Å². The van der Waals surface area contributed by atoms with Gasteiger partial charge in [-0.05, 0) is 18.1 Å². The van der Waals surface area contributed by atoms with Crippen molar-refractivity contribution in [2.45, 2.75) is 17.4 Å². The summed E-state index contributed by atoms with van der Waals surface area (Å²) < 4.78 is 26.8. The van der Waals surface area contributed by atoms with Crippen molar-refractivity contribution in [3.8, 4) is 0 Å². The van der Waals surface area contributed by atoms with Crippen molar-refractivity contribution in [2.75, 3.05) is 0 Å². The zero-order valence-electron chi connectivity index (χ0n) is 12.3. The molecule has 2 aromatic carbocycles. The van der Waals surface area contributed by atoms with Crippen molar-refractivity contribution in [2.24, 2.45) is 0 Å². The number of hydrogen-bond donors (Lipinski definition) is 2. The first-order valence-electron chi connectivity index (χ1n) is 6.84. The number of para-hydroxylation sites is 1. The predicted molar refractivity (Wildman–Crippen MR) is 85.0 cm³/mol. The van der Waals surface area contributed by atoms with Gasteiger partial charge < -0.3 is 5.11 Å². The van der Waals surface area contributed by atoms with E-state index in [1.165, 1.54) is 12.1 Å². The number of rotatable bonds is 7. The summed E-state index contributed by atoms with van der Waals surface area (Å²) in [5.74, 6) is -1.37. The molecular weight excluding hydrogens is 336 g/mol. The van der Waals surface area contributed by atoms with Gasteiger partial charge in [0.05, 0.1) is 4.92 Å². The van der Waals surface area contributed by atoms with Crippen molar-refractivity contribution in [3.63, 3.8) is 0 Å². The van der Waals surface area contributed by atoms with E-state index in [1.54, 1.807) is 30.3 Å². The Bertz CT molecular complexity index is 851. The molecule has 8 nitrogen and oxygen atoms in total. The molecule has 0 bridgehead atoms. The molecule has 0 saturated heterocycles. The predicted octanol–water partition coefficient (Wildman–Crippen LogP) is 1.57. The molecule has 126 valence electrons. The van der Waals surface area contributed by atoms with Gasteiger partial charge in [-0.15, -0.1) is 0 Å². The van der Waals surface area contributed by atoms with E-state index in [1.807, 2.05) is 4.72 Å². The molecule has 0 aliphatic heterocycles. The average molecular weight is 350 g/mol. The molecule has 0 aliphatic carbocycles. The molecule has 2 rings (SSSR count). The van der Waals surface area contributed by atoms with Crippen molar-refractivity contribution < 1.29 is 23.2 Å². The molecule has 0 aromatic heterocycles. The number of carboxylic acid groups (broad SMARTS) is 1. The minimum absolute atomic E-state index is 0.0873. The van der Waals surface area contributed by atoms with Crippen LogP contribution in [0.5, 0.6) is 0 Å². The van der Waals surface area contributed by atoms with Gasteiger partial charge in [-0.3, -0.25) is 14.9 Å². The second-order valence-electron chi connectivity index (χ2n) is 4.93. The molecule has 0 spiro atoms. The third-order valence-corrected chi connectivity index (χ3v) is 4.75. The number of carboxylic acids is 1. The number of benzene rings is 2. The normalized spacial score (nSPS) is 12.5. The standard InChI is InChI=1S/C15H14N2O6S/c18-15(19)12(10-11-6-2-1-3-7-11)16-24(22,23)14-9-5-4-8-13(14)17(20)21/h1-9,12,16H,10H2,(H,18,19). The van der Waals surface area contributed by atoms with Crippen LogP contribution in [0.1, 0.15) is 5.56 Å². The zero-order chi connectivity index (χ0) is 17.7. The topological polar surface area (TPSA) is 127 Å². The third kappa shape index (κ3) is 4.15. The van der Waals surface area contributed by atoms with E-state index >= 15 is 0 Å². The van der Waals surface area contributed by atoms with Crippen LogP contribution in [0.4, 0.5) is 5.69 Å². The summed E-state index contributed by atoms with van der Waals surface area (Å²) in [6, 6.07) is 11.8. The quantitative estimate of drug-likeness (QED) is 0.576. The largest absolute Gasteiger partial charge is 0.480 e. The highest BCUT2D eigenvalue weighted by Gasteiger charge is 2.30. The summed E-state index contributed by atoms with van der Waals surface area (Å²) in [6.07, 6.45) is -0.0873. The van der Waals surface area contributed by atoms with E-state index in [2.05, 4.69) is 0 Å². The molecule has 0 heterocycles. The Kier molecular flexibility index (Phi) is 5.27. The highest BCUT2D eigenvalue weighted by atomic mass is 32.2. The first kappa shape index (κ1) is 17.6. The number of carbonyl (C=O) groups is 1. The van der Waals surface area contributed by atoms with Crippen LogP contribution in [-0.4, -0.2) is 30.5 Å². The van der Waals surface area contributed by atoms with Crippen LogP contribution in [0.2, 0.25) is 0 Å². The Hall–Kier alpha value is -2.78. The molecule has 1 unspecified atom stereocenters. The number of nitro groups is 1. The van der Waals surface area contributed by atoms with Crippen molar-refractivity contribution in [1.29, 1.82) is 0 Å². The van der Waals surface area contributed by atoms with Gasteiger partial charge in [0, 0.05) is 6.07 Å². The van der Waals surface area contributed by atoms with Gasteiger partial charge in [-0.25, -0.2) is 8.42 Å². The van der Waals surface area contributed by atoms with Crippen LogP contribution in [0, 0.1) is 10.1 Å². The third-order valence-electron chi connectivity index (χ3n) is 3.23. The van der Waals surface area contributed by atoms with Gasteiger partial charge in [0.2, 0.25) is 10.0 Å². The second kappa shape index (κ2) is 7.20. The van der Waals surface area contributed by atoms with Crippen LogP contribution < -0.4 is 4.72 Å². The minimum Gasteiger partial charge on any atom is -0.480 e. The smallest absolute Gasteiger partial charge is 0.322 e. The Morgan fingerprint density at radius 1 is 1.12 bits per heavy atom. The first-order valence-corrected chi connectivity index (χ1v) is 8.32. The van der Waals surface area contributed by atoms with Crippen LogP contribution in [-0.2, 0) is 21.2 Å². The number of hydrogen-bond acceptors (Lipinski definition) is 5. The summed E-state index contributed by atoms with van der Waals surface area (Å²) in [4.78, 5) is 20.9. The monoisotopic (exact) mass is 350 g/mol. The molecule has 24 heavy (non-hydrogen) atoms. The first-order chi connectivity index (χ1) is 11.3. The Morgan fingerprint density at radius 2 is 1.71 bits per heavy atom. The molecule has 9 heteroatoms. The van der Waals surface area contributed by atoms with Gasteiger partial charge in [-0.2, -0.15) is 4.72 Å². The molecule has 1 atom stereocenters. The lowest BCUT2D eigenvalue weighted by Gasteiger charge is -2.15. The molecule has 0 aliphatic rings. The maximum atomic E-state index is 12.4.